The molecule has 0 saturated heterocycles. The zero-order valence-electron chi connectivity index (χ0n) is 9.72. The molecule has 0 saturated carbocycles. The fraction of sp³-hybridized carbons (Fsp3) is 0.385. The fourth-order valence-corrected chi connectivity index (χ4v) is 2.40. The Bertz CT molecular complexity index is 431. The minimum atomic E-state index is -0.962. The van der Waals surface area contributed by atoms with Gasteiger partial charge in [0, 0.05) is 13.0 Å². The molecule has 4 nitrogen and oxygen atoms in total. The summed E-state index contributed by atoms with van der Waals surface area (Å²) >= 11 is 0. The van der Waals surface area contributed by atoms with Crippen molar-refractivity contribution < 1.29 is 14.7 Å². The molecule has 0 radical (unpaired) electrons. The number of amides is 1. The van der Waals surface area contributed by atoms with E-state index >= 15 is 0 Å². The molecular formula is C13H15NO3. The molecule has 1 aromatic rings. The van der Waals surface area contributed by atoms with Crippen molar-refractivity contribution in [2.45, 2.75) is 25.8 Å². The topological polar surface area (TPSA) is 57.6 Å². The Morgan fingerprint density at radius 3 is 2.24 bits per heavy atom. The number of carboxylic acid groups (broad SMARTS) is 1. The summed E-state index contributed by atoms with van der Waals surface area (Å²) in [6, 6.07) is 8.00. The Morgan fingerprint density at radius 1 is 1.29 bits per heavy atom. The molecule has 90 valence electrons. The first-order valence-electron chi connectivity index (χ1n) is 5.63. The van der Waals surface area contributed by atoms with E-state index < -0.39 is 5.97 Å². The lowest BCUT2D eigenvalue weighted by molar-refractivity contribution is -0.145. The van der Waals surface area contributed by atoms with Gasteiger partial charge in [-0.25, -0.2) is 0 Å². The van der Waals surface area contributed by atoms with Gasteiger partial charge in [-0.1, -0.05) is 24.3 Å². The van der Waals surface area contributed by atoms with E-state index in [1.165, 1.54) is 23.0 Å². The number of nitrogens with zero attached hydrogens (tertiary/aromatic N) is 1. The molecule has 1 N–H and O–H groups in total. The van der Waals surface area contributed by atoms with Crippen molar-refractivity contribution in [3.05, 3.63) is 35.4 Å². The lowest BCUT2D eigenvalue weighted by Gasteiger charge is -2.25. The summed E-state index contributed by atoms with van der Waals surface area (Å²) in [5, 5.41) is 8.82. The van der Waals surface area contributed by atoms with Crippen LogP contribution < -0.4 is 0 Å². The number of fused-ring (bicyclic) bond motifs is 1. The third-order valence-electron chi connectivity index (χ3n) is 3.18. The third-order valence-corrected chi connectivity index (χ3v) is 3.18. The van der Waals surface area contributed by atoms with Crippen LogP contribution in [0.1, 0.15) is 18.1 Å². The molecule has 1 amide bonds. The summed E-state index contributed by atoms with van der Waals surface area (Å²) in [6.45, 7) is 1.21. The highest BCUT2D eigenvalue weighted by atomic mass is 16.4. The maximum atomic E-state index is 11.5. The van der Waals surface area contributed by atoms with Gasteiger partial charge in [0.2, 0.25) is 5.91 Å². The number of carboxylic acids is 1. The van der Waals surface area contributed by atoms with Crippen molar-refractivity contribution in [3.63, 3.8) is 0 Å². The van der Waals surface area contributed by atoms with Crippen molar-refractivity contribution in [1.82, 2.24) is 4.90 Å². The summed E-state index contributed by atoms with van der Waals surface area (Å²) < 4.78 is 0. The Balaban J connectivity index is 2.14. The third kappa shape index (κ3) is 2.46. The van der Waals surface area contributed by atoms with Crippen molar-refractivity contribution in [2.75, 3.05) is 6.54 Å². The smallest absolute Gasteiger partial charge is 0.323 e. The highest BCUT2D eigenvalue weighted by molar-refractivity contribution is 5.80. The Morgan fingerprint density at radius 2 is 1.82 bits per heavy atom. The van der Waals surface area contributed by atoms with Gasteiger partial charge in [0.15, 0.2) is 0 Å². The predicted molar refractivity (Wildman–Crippen MR) is 62.7 cm³/mol. The van der Waals surface area contributed by atoms with Crippen LogP contribution in [0.3, 0.4) is 0 Å². The first-order chi connectivity index (χ1) is 8.08. The highest BCUT2D eigenvalue weighted by Gasteiger charge is 2.29. The second kappa shape index (κ2) is 4.57. The Labute approximate surface area is 99.9 Å². The van der Waals surface area contributed by atoms with Crippen molar-refractivity contribution in [1.29, 1.82) is 0 Å². The lowest BCUT2D eigenvalue weighted by atomic mass is 10.1. The maximum absolute atomic E-state index is 11.5. The zero-order valence-corrected chi connectivity index (χ0v) is 9.72. The molecule has 0 aromatic heterocycles. The maximum Gasteiger partial charge on any atom is 0.323 e. The van der Waals surface area contributed by atoms with Gasteiger partial charge in [-0.15, -0.1) is 0 Å². The standard InChI is InChI=1S/C13H15NO3/c1-9(15)14(8-13(16)17)12-6-10-4-2-3-5-11(10)7-12/h2-5,12H,6-8H2,1H3,(H,16,17). The lowest BCUT2D eigenvalue weighted by Crippen LogP contribution is -2.42. The quantitative estimate of drug-likeness (QED) is 0.850. The van der Waals surface area contributed by atoms with E-state index in [9.17, 15) is 9.59 Å². The minimum absolute atomic E-state index is 0.0130. The van der Waals surface area contributed by atoms with E-state index in [1.54, 1.807) is 0 Å². The van der Waals surface area contributed by atoms with Gasteiger partial charge < -0.3 is 10.0 Å². The molecule has 0 aliphatic heterocycles. The average Bonchev–Trinajstić information content (AvgIpc) is 2.68. The van der Waals surface area contributed by atoms with Crippen LogP contribution in [0.15, 0.2) is 24.3 Å². The second-order valence-electron chi connectivity index (χ2n) is 4.37. The van der Waals surface area contributed by atoms with Crippen LogP contribution >= 0.6 is 0 Å². The summed E-state index contributed by atoms with van der Waals surface area (Å²) in [4.78, 5) is 23.7. The Hall–Kier alpha value is -1.84. The summed E-state index contributed by atoms with van der Waals surface area (Å²) in [5.41, 5.74) is 2.43. The monoisotopic (exact) mass is 233 g/mol. The normalized spacial score (nSPS) is 14.4. The molecule has 0 fully saturated rings. The van der Waals surface area contributed by atoms with E-state index in [2.05, 4.69) is 0 Å². The fourth-order valence-electron chi connectivity index (χ4n) is 2.40. The summed E-state index contributed by atoms with van der Waals surface area (Å²) in [5.74, 6) is -1.14. The molecule has 4 heteroatoms. The molecular weight excluding hydrogens is 218 g/mol. The zero-order chi connectivity index (χ0) is 12.4. The largest absolute Gasteiger partial charge is 0.480 e. The van der Waals surface area contributed by atoms with Gasteiger partial charge in [-0.05, 0) is 24.0 Å². The van der Waals surface area contributed by atoms with Crippen LogP contribution in [0, 0.1) is 0 Å². The van der Waals surface area contributed by atoms with E-state index in [1.807, 2.05) is 24.3 Å². The van der Waals surface area contributed by atoms with Crippen LogP contribution in [-0.2, 0) is 22.4 Å². The summed E-state index contributed by atoms with van der Waals surface area (Å²) in [7, 11) is 0. The highest BCUT2D eigenvalue weighted by Crippen LogP contribution is 2.25. The molecule has 1 aliphatic rings. The molecule has 1 aromatic carbocycles. The van der Waals surface area contributed by atoms with Gasteiger partial charge in [-0.3, -0.25) is 9.59 Å². The molecule has 0 spiro atoms. The molecule has 1 aliphatic carbocycles. The second-order valence-corrected chi connectivity index (χ2v) is 4.37. The van der Waals surface area contributed by atoms with Gasteiger partial charge in [0.1, 0.15) is 6.54 Å². The van der Waals surface area contributed by atoms with E-state index in [0.29, 0.717) is 0 Å². The molecule has 17 heavy (non-hydrogen) atoms. The number of carbonyl (C=O) groups is 2. The SMILES string of the molecule is CC(=O)N(CC(=O)O)C1Cc2ccccc2C1. The number of aliphatic carboxylic acids is 1. The molecule has 2 rings (SSSR count). The molecule has 0 atom stereocenters. The van der Waals surface area contributed by atoms with E-state index in [0.717, 1.165) is 12.8 Å². The van der Waals surface area contributed by atoms with Gasteiger partial charge in [-0.2, -0.15) is 0 Å². The van der Waals surface area contributed by atoms with E-state index in [-0.39, 0.29) is 18.5 Å². The molecule has 0 bridgehead atoms. The van der Waals surface area contributed by atoms with Crippen LogP contribution in [-0.4, -0.2) is 34.5 Å². The van der Waals surface area contributed by atoms with Crippen LogP contribution in [0.2, 0.25) is 0 Å². The van der Waals surface area contributed by atoms with E-state index in [4.69, 9.17) is 5.11 Å². The van der Waals surface area contributed by atoms with Gasteiger partial charge in [0.05, 0.1) is 0 Å². The predicted octanol–water partition coefficient (Wildman–Crippen LogP) is 1.09. The molecule has 0 heterocycles. The van der Waals surface area contributed by atoms with Crippen molar-refractivity contribution in [3.8, 4) is 0 Å². The first kappa shape index (κ1) is 11.6. The van der Waals surface area contributed by atoms with Crippen molar-refractivity contribution in [2.24, 2.45) is 0 Å². The first-order valence-corrected chi connectivity index (χ1v) is 5.63. The van der Waals surface area contributed by atoms with Gasteiger partial charge >= 0.3 is 5.97 Å². The number of carbonyl (C=O) groups excluding carboxylic acids is 1. The van der Waals surface area contributed by atoms with Crippen LogP contribution in [0.4, 0.5) is 0 Å². The van der Waals surface area contributed by atoms with Crippen LogP contribution in [0.5, 0.6) is 0 Å². The Kier molecular flexibility index (Phi) is 3.13. The summed E-state index contributed by atoms with van der Waals surface area (Å²) in [6.07, 6.45) is 1.51. The number of hydrogen-bond acceptors (Lipinski definition) is 2. The van der Waals surface area contributed by atoms with Crippen molar-refractivity contribution >= 4 is 11.9 Å². The minimum Gasteiger partial charge on any atom is -0.480 e. The number of benzene rings is 1. The van der Waals surface area contributed by atoms with Gasteiger partial charge in [0.25, 0.3) is 0 Å². The number of hydrogen-bond donors (Lipinski definition) is 1. The number of rotatable bonds is 3. The average molecular weight is 233 g/mol. The van der Waals surface area contributed by atoms with Crippen LogP contribution in [0.25, 0.3) is 0 Å². The molecule has 0 unspecified atom stereocenters.